The van der Waals surface area contributed by atoms with Crippen LogP contribution in [0.4, 0.5) is 5.69 Å². The zero-order valence-electron chi connectivity index (χ0n) is 19.1. The van der Waals surface area contributed by atoms with Crippen molar-refractivity contribution in [1.29, 1.82) is 0 Å². The predicted molar refractivity (Wildman–Crippen MR) is 135 cm³/mol. The Kier molecular flexibility index (Phi) is 9.13. The van der Waals surface area contributed by atoms with Crippen LogP contribution in [0.1, 0.15) is 46.4 Å². The molecule has 0 unspecified atom stereocenters. The fraction of sp³-hybridized carbons (Fsp3) is 0.261. The van der Waals surface area contributed by atoms with E-state index in [9.17, 15) is 14.4 Å². The van der Waals surface area contributed by atoms with Gasteiger partial charge in [-0.2, -0.15) is 0 Å². The van der Waals surface area contributed by atoms with Gasteiger partial charge in [0.05, 0.1) is 35.1 Å². The van der Waals surface area contributed by atoms with Gasteiger partial charge in [-0.3, -0.25) is 14.7 Å². The monoisotopic (exact) mass is 535 g/mol. The number of ether oxygens (including phenoxy) is 1. The van der Waals surface area contributed by atoms with E-state index in [-0.39, 0.29) is 28.5 Å². The summed E-state index contributed by atoms with van der Waals surface area (Å²) in [4.78, 5) is 41.0. The van der Waals surface area contributed by atoms with Crippen LogP contribution in [0.25, 0.3) is 0 Å². The molecule has 2 amide bonds. The lowest BCUT2D eigenvalue weighted by molar-refractivity contribution is -0.113. The topological polar surface area (TPSA) is 126 Å². The Bertz CT molecular complexity index is 1220. The maximum atomic E-state index is 12.8. The van der Waals surface area contributed by atoms with Crippen LogP contribution in [-0.2, 0) is 9.53 Å². The van der Waals surface area contributed by atoms with E-state index in [1.165, 1.54) is 13.2 Å². The van der Waals surface area contributed by atoms with Gasteiger partial charge < -0.3 is 15.4 Å². The van der Waals surface area contributed by atoms with Crippen molar-refractivity contribution in [3.8, 4) is 0 Å². The Balaban J connectivity index is 1.58. The lowest BCUT2D eigenvalue weighted by Gasteiger charge is -2.20. The minimum atomic E-state index is -0.460. The Morgan fingerprint density at radius 1 is 1.11 bits per heavy atom. The molecule has 1 atom stereocenters. The molecule has 12 heteroatoms. The molecule has 3 N–H and O–H groups in total. The number of aromatic amines is 1. The van der Waals surface area contributed by atoms with E-state index >= 15 is 0 Å². The number of hydrogen-bond donors (Lipinski definition) is 3. The van der Waals surface area contributed by atoms with Gasteiger partial charge in [-0.15, -0.1) is 5.10 Å². The number of carbonyl (C=O) groups excluding carboxylic acids is 3. The molecule has 0 saturated heterocycles. The molecule has 0 aliphatic carbocycles. The van der Waals surface area contributed by atoms with Crippen molar-refractivity contribution in [3.05, 3.63) is 69.5 Å². The quantitative estimate of drug-likeness (QED) is 0.266. The Morgan fingerprint density at radius 2 is 1.83 bits per heavy atom. The lowest BCUT2D eigenvalue weighted by atomic mass is 10.0. The standard InChI is InChI=1S/C23H23Cl2N5O4S/c1-12(2)19(27-21(32)16-9-6-14(24)10-17(16)25)20-28-23(30-29-20)35-11-18(31)26-15-7-4-13(5-8-15)22(33)34-3/h4-10,12,19H,11H2,1-3H3,(H,26,31)(H,27,32)(H,28,29,30)/t19-/m0/s1. The molecular formula is C23H23Cl2N5O4S. The molecule has 0 fully saturated rings. The van der Waals surface area contributed by atoms with Gasteiger partial charge in [0.15, 0.2) is 0 Å². The van der Waals surface area contributed by atoms with E-state index in [1.54, 1.807) is 36.4 Å². The van der Waals surface area contributed by atoms with E-state index < -0.39 is 12.0 Å². The minimum Gasteiger partial charge on any atom is -0.465 e. The second-order valence-corrected chi connectivity index (χ2v) is 9.51. The van der Waals surface area contributed by atoms with Crippen LogP contribution in [-0.4, -0.2) is 45.8 Å². The molecule has 0 radical (unpaired) electrons. The number of halogens is 2. The molecule has 1 aromatic heterocycles. The van der Waals surface area contributed by atoms with Crippen molar-refractivity contribution in [1.82, 2.24) is 20.5 Å². The first-order valence-corrected chi connectivity index (χ1v) is 12.2. The maximum absolute atomic E-state index is 12.8. The molecule has 0 spiro atoms. The molecule has 3 rings (SSSR count). The van der Waals surface area contributed by atoms with E-state index in [0.717, 1.165) is 11.8 Å². The Morgan fingerprint density at radius 3 is 2.46 bits per heavy atom. The number of esters is 1. The summed E-state index contributed by atoms with van der Waals surface area (Å²) in [5.74, 6) is -0.570. The van der Waals surface area contributed by atoms with Gasteiger partial charge in [-0.05, 0) is 48.4 Å². The van der Waals surface area contributed by atoms with Crippen LogP contribution >= 0.6 is 35.0 Å². The molecule has 0 bridgehead atoms. The summed E-state index contributed by atoms with van der Waals surface area (Å²) < 4.78 is 4.65. The average molecular weight is 536 g/mol. The molecule has 9 nitrogen and oxygen atoms in total. The van der Waals surface area contributed by atoms with E-state index in [1.807, 2.05) is 13.8 Å². The minimum absolute atomic E-state index is 0.00733. The highest BCUT2D eigenvalue weighted by molar-refractivity contribution is 7.99. The normalized spacial score (nSPS) is 11.7. The molecule has 0 aliphatic rings. The highest BCUT2D eigenvalue weighted by Gasteiger charge is 2.24. The van der Waals surface area contributed by atoms with Crippen LogP contribution in [0, 0.1) is 5.92 Å². The SMILES string of the molecule is COC(=O)c1ccc(NC(=O)CSc2n[nH]c([C@@H](NC(=O)c3ccc(Cl)cc3Cl)C(C)C)n2)cc1. The largest absolute Gasteiger partial charge is 0.465 e. The second kappa shape index (κ2) is 12.1. The molecule has 3 aromatic rings. The zero-order chi connectivity index (χ0) is 25.5. The Labute approximate surface area is 216 Å². The molecule has 0 saturated carbocycles. The third-order valence-electron chi connectivity index (χ3n) is 4.83. The summed E-state index contributed by atoms with van der Waals surface area (Å²) in [6.45, 7) is 3.87. The van der Waals surface area contributed by atoms with Gasteiger partial charge in [0.2, 0.25) is 11.1 Å². The van der Waals surface area contributed by atoms with Gasteiger partial charge >= 0.3 is 5.97 Å². The summed E-state index contributed by atoms with van der Waals surface area (Å²) in [7, 11) is 1.30. The number of rotatable bonds is 9. The number of methoxy groups -OCH3 is 1. The van der Waals surface area contributed by atoms with Crippen LogP contribution in [0.2, 0.25) is 10.0 Å². The fourth-order valence-electron chi connectivity index (χ4n) is 3.04. The number of hydrogen-bond acceptors (Lipinski definition) is 7. The van der Waals surface area contributed by atoms with Crippen molar-refractivity contribution in [3.63, 3.8) is 0 Å². The van der Waals surface area contributed by atoms with Gasteiger partial charge in [0.1, 0.15) is 5.82 Å². The number of anilines is 1. The molecular weight excluding hydrogens is 513 g/mol. The highest BCUT2D eigenvalue weighted by Crippen LogP contribution is 2.25. The third kappa shape index (κ3) is 7.20. The molecule has 0 aliphatic heterocycles. The van der Waals surface area contributed by atoms with Crippen molar-refractivity contribution in [2.75, 3.05) is 18.2 Å². The lowest BCUT2D eigenvalue weighted by Crippen LogP contribution is -2.32. The van der Waals surface area contributed by atoms with Gasteiger partial charge in [0.25, 0.3) is 5.91 Å². The first-order valence-electron chi connectivity index (χ1n) is 10.5. The highest BCUT2D eigenvalue weighted by atomic mass is 35.5. The van der Waals surface area contributed by atoms with E-state index in [2.05, 4.69) is 30.6 Å². The van der Waals surface area contributed by atoms with Crippen molar-refractivity contribution in [2.24, 2.45) is 5.92 Å². The first-order chi connectivity index (χ1) is 16.7. The number of carbonyl (C=O) groups is 3. The number of benzene rings is 2. The van der Waals surface area contributed by atoms with Gasteiger partial charge in [-0.1, -0.05) is 48.8 Å². The molecule has 184 valence electrons. The van der Waals surface area contributed by atoms with Crippen molar-refractivity contribution in [2.45, 2.75) is 25.0 Å². The first kappa shape index (κ1) is 26.5. The number of aromatic nitrogens is 3. The van der Waals surface area contributed by atoms with E-state index in [4.69, 9.17) is 23.2 Å². The van der Waals surface area contributed by atoms with E-state index in [0.29, 0.717) is 32.8 Å². The number of H-pyrrole nitrogens is 1. The average Bonchev–Trinajstić information content (AvgIpc) is 3.29. The van der Waals surface area contributed by atoms with Crippen molar-refractivity contribution < 1.29 is 19.1 Å². The predicted octanol–water partition coefficient (Wildman–Crippen LogP) is 4.76. The fourth-order valence-corrected chi connectivity index (χ4v) is 4.14. The summed E-state index contributed by atoms with van der Waals surface area (Å²) in [6, 6.07) is 10.5. The number of nitrogens with zero attached hydrogens (tertiary/aromatic N) is 2. The maximum Gasteiger partial charge on any atom is 0.337 e. The summed E-state index contributed by atoms with van der Waals surface area (Å²) >= 11 is 13.2. The second-order valence-electron chi connectivity index (χ2n) is 7.73. The van der Waals surface area contributed by atoms with Gasteiger partial charge in [0, 0.05) is 10.7 Å². The zero-order valence-corrected chi connectivity index (χ0v) is 21.4. The molecule has 1 heterocycles. The van der Waals surface area contributed by atoms with Crippen LogP contribution in [0.5, 0.6) is 0 Å². The molecule has 35 heavy (non-hydrogen) atoms. The third-order valence-corrected chi connectivity index (χ3v) is 6.22. The smallest absolute Gasteiger partial charge is 0.337 e. The van der Waals surface area contributed by atoms with Crippen LogP contribution < -0.4 is 10.6 Å². The molecule has 2 aromatic carbocycles. The van der Waals surface area contributed by atoms with Gasteiger partial charge in [-0.25, -0.2) is 9.78 Å². The summed E-state index contributed by atoms with van der Waals surface area (Å²) in [5.41, 5.74) is 1.23. The number of nitrogens with one attached hydrogen (secondary N) is 3. The Hall–Kier alpha value is -3.08. The number of thioether (sulfide) groups is 1. The van der Waals surface area contributed by atoms with Crippen LogP contribution in [0.3, 0.4) is 0 Å². The summed E-state index contributed by atoms with van der Waals surface area (Å²) in [6.07, 6.45) is 0. The summed E-state index contributed by atoms with van der Waals surface area (Å²) in [5, 5.41) is 13.7. The number of amides is 2. The van der Waals surface area contributed by atoms with Crippen LogP contribution in [0.15, 0.2) is 47.6 Å². The van der Waals surface area contributed by atoms with Crippen molar-refractivity contribution >= 4 is 58.4 Å².